The van der Waals surface area contributed by atoms with Crippen molar-refractivity contribution in [3.63, 3.8) is 0 Å². The van der Waals surface area contributed by atoms with Gasteiger partial charge >= 0.3 is 0 Å². The van der Waals surface area contributed by atoms with Gasteiger partial charge in [-0.05, 0) is 18.2 Å². The highest BCUT2D eigenvalue weighted by atomic mass is 35.5. The van der Waals surface area contributed by atoms with E-state index in [1.807, 2.05) is 0 Å². The fraction of sp³-hybridized carbons (Fsp3) is 0. The zero-order valence-electron chi connectivity index (χ0n) is 6.26. The van der Waals surface area contributed by atoms with Crippen LogP contribution in [0.2, 0.25) is 15.3 Å². The van der Waals surface area contributed by atoms with E-state index in [9.17, 15) is 0 Å². The van der Waals surface area contributed by atoms with E-state index in [1.165, 1.54) is 6.07 Å². The lowest BCUT2D eigenvalue weighted by molar-refractivity contribution is 1.34. The third kappa shape index (κ3) is 1.70. The van der Waals surface area contributed by atoms with Crippen LogP contribution in [0.3, 0.4) is 0 Å². The smallest absolute Gasteiger partial charge is 0.131 e. The molecule has 0 aromatic carbocycles. The Kier molecular flexibility index (Phi) is 2.28. The normalized spacial score (nSPS) is 10.7. The standard InChI is InChI=1S/C8H3Cl3N2/c9-4-3-7(11)12-5-1-2-6(10)13-8(4)5/h1-3H. The van der Waals surface area contributed by atoms with Crippen molar-refractivity contribution in [3.05, 3.63) is 33.5 Å². The van der Waals surface area contributed by atoms with Crippen molar-refractivity contribution < 1.29 is 0 Å². The van der Waals surface area contributed by atoms with Gasteiger partial charge in [0.15, 0.2) is 0 Å². The summed E-state index contributed by atoms with van der Waals surface area (Å²) in [5.41, 5.74) is 1.21. The minimum Gasteiger partial charge on any atom is -0.234 e. The summed E-state index contributed by atoms with van der Waals surface area (Å²) in [6.45, 7) is 0. The minimum atomic E-state index is 0.349. The van der Waals surface area contributed by atoms with Crippen molar-refractivity contribution in [2.75, 3.05) is 0 Å². The largest absolute Gasteiger partial charge is 0.234 e. The molecule has 0 amide bonds. The first-order valence-corrected chi connectivity index (χ1v) is 4.58. The van der Waals surface area contributed by atoms with Crippen LogP contribution in [0, 0.1) is 0 Å². The molecule has 0 saturated heterocycles. The predicted molar refractivity (Wildman–Crippen MR) is 54.6 cm³/mol. The topological polar surface area (TPSA) is 25.8 Å². The van der Waals surface area contributed by atoms with Crippen molar-refractivity contribution in [1.82, 2.24) is 9.97 Å². The number of rotatable bonds is 0. The maximum atomic E-state index is 5.89. The lowest BCUT2D eigenvalue weighted by Gasteiger charge is -1.99. The minimum absolute atomic E-state index is 0.349. The lowest BCUT2D eigenvalue weighted by atomic mass is 10.3. The van der Waals surface area contributed by atoms with Gasteiger partial charge in [0.1, 0.15) is 15.8 Å². The molecular weight excluding hydrogens is 230 g/mol. The van der Waals surface area contributed by atoms with Crippen LogP contribution in [-0.4, -0.2) is 9.97 Å². The number of halogens is 3. The summed E-state index contributed by atoms with van der Waals surface area (Å²) in [5, 5.41) is 1.19. The Labute approximate surface area is 89.5 Å². The summed E-state index contributed by atoms with van der Waals surface area (Å²) in [4.78, 5) is 8.07. The van der Waals surface area contributed by atoms with Crippen molar-refractivity contribution in [3.8, 4) is 0 Å². The van der Waals surface area contributed by atoms with Crippen molar-refractivity contribution in [2.24, 2.45) is 0 Å². The van der Waals surface area contributed by atoms with Crippen molar-refractivity contribution in [2.45, 2.75) is 0 Å². The summed E-state index contributed by atoms with van der Waals surface area (Å²) in [7, 11) is 0. The molecule has 0 fully saturated rings. The maximum Gasteiger partial charge on any atom is 0.131 e. The van der Waals surface area contributed by atoms with Gasteiger partial charge in [0.2, 0.25) is 0 Å². The first-order chi connectivity index (χ1) is 6.16. The van der Waals surface area contributed by atoms with E-state index in [4.69, 9.17) is 34.8 Å². The monoisotopic (exact) mass is 232 g/mol. The van der Waals surface area contributed by atoms with Gasteiger partial charge in [-0.25, -0.2) is 9.97 Å². The van der Waals surface area contributed by atoms with Crippen LogP contribution >= 0.6 is 34.8 Å². The highest BCUT2D eigenvalue weighted by molar-refractivity contribution is 6.37. The zero-order chi connectivity index (χ0) is 9.42. The van der Waals surface area contributed by atoms with Gasteiger partial charge in [-0.1, -0.05) is 34.8 Å². The van der Waals surface area contributed by atoms with Crippen LogP contribution in [0.25, 0.3) is 11.0 Å². The summed E-state index contributed by atoms with van der Waals surface area (Å²) in [5.74, 6) is 0. The van der Waals surface area contributed by atoms with E-state index in [0.29, 0.717) is 26.4 Å². The Balaban J connectivity index is 2.87. The summed E-state index contributed by atoms with van der Waals surface area (Å²) >= 11 is 17.3. The molecule has 0 aliphatic heterocycles. The Bertz CT molecular complexity index is 470. The van der Waals surface area contributed by atoms with Gasteiger partial charge < -0.3 is 0 Å². The van der Waals surface area contributed by atoms with Gasteiger partial charge in [-0.15, -0.1) is 0 Å². The maximum absolute atomic E-state index is 5.89. The summed E-state index contributed by atoms with van der Waals surface area (Å²) in [6.07, 6.45) is 0. The number of hydrogen-bond acceptors (Lipinski definition) is 2. The average molecular weight is 233 g/mol. The van der Waals surface area contributed by atoms with Gasteiger partial charge in [-0.2, -0.15) is 0 Å². The number of hydrogen-bond donors (Lipinski definition) is 0. The van der Waals surface area contributed by atoms with Crippen molar-refractivity contribution >= 4 is 45.8 Å². The Morgan fingerprint density at radius 2 is 1.69 bits per heavy atom. The summed E-state index contributed by atoms with van der Waals surface area (Å²) in [6, 6.07) is 4.90. The Morgan fingerprint density at radius 3 is 2.46 bits per heavy atom. The van der Waals surface area contributed by atoms with E-state index in [-0.39, 0.29) is 0 Å². The summed E-state index contributed by atoms with van der Waals surface area (Å²) < 4.78 is 0. The second-order valence-corrected chi connectivity index (χ2v) is 3.61. The molecule has 2 nitrogen and oxygen atoms in total. The van der Waals surface area contributed by atoms with Gasteiger partial charge in [0.25, 0.3) is 0 Å². The molecule has 2 rings (SSSR count). The molecule has 0 radical (unpaired) electrons. The first-order valence-electron chi connectivity index (χ1n) is 3.45. The molecule has 0 spiro atoms. The van der Waals surface area contributed by atoms with E-state index in [0.717, 1.165) is 0 Å². The third-order valence-corrected chi connectivity index (χ3v) is 2.23. The van der Waals surface area contributed by atoms with Crippen LogP contribution in [0.5, 0.6) is 0 Å². The van der Waals surface area contributed by atoms with Crippen LogP contribution in [0.4, 0.5) is 0 Å². The Hall–Kier alpha value is -0.570. The van der Waals surface area contributed by atoms with Gasteiger partial charge in [0.05, 0.1) is 10.5 Å². The molecule has 2 aromatic heterocycles. The molecule has 66 valence electrons. The SMILES string of the molecule is Clc1cc(Cl)c2nc(Cl)ccc2n1. The van der Waals surface area contributed by atoms with Crippen LogP contribution in [0.1, 0.15) is 0 Å². The molecule has 13 heavy (non-hydrogen) atoms. The average Bonchev–Trinajstić information content (AvgIpc) is 2.06. The molecule has 0 aliphatic rings. The molecule has 2 aromatic rings. The first kappa shape index (κ1) is 9.00. The molecule has 5 heteroatoms. The predicted octanol–water partition coefficient (Wildman–Crippen LogP) is 3.59. The molecule has 0 N–H and O–H groups in total. The molecule has 2 heterocycles. The number of aromatic nitrogens is 2. The molecular formula is C8H3Cl3N2. The molecule has 0 unspecified atom stereocenters. The quantitative estimate of drug-likeness (QED) is 0.650. The number of fused-ring (bicyclic) bond motifs is 1. The lowest BCUT2D eigenvalue weighted by Crippen LogP contribution is -1.85. The highest BCUT2D eigenvalue weighted by Gasteiger charge is 2.04. The van der Waals surface area contributed by atoms with Gasteiger partial charge in [0, 0.05) is 0 Å². The fourth-order valence-electron chi connectivity index (χ4n) is 1.01. The van der Waals surface area contributed by atoms with Crippen molar-refractivity contribution in [1.29, 1.82) is 0 Å². The van der Waals surface area contributed by atoms with E-state index in [1.54, 1.807) is 12.1 Å². The second kappa shape index (κ2) is 3.29. The zero-order valence-corrected chi connectivity index (χ0v) is 8.53. The number of nitrogens with zero attached hydrogens (tertiary/aromatic N) is 2. The molecule has 0 aliphatic carbocycles. The highest BCUT2D eigenvalue weighted by Crippen LogP contribution is 2.24. The Morgan fingerprint density at radius 1 is 0.923 bits per heavy atom. The number of pyridine rings is 2. The molecule has 0 bridgehead atoms. The van der Waals surface area contributed by atoms with Gasteiger partial charge in [-0.3, -0.25) is 0 Å². The molecule has 0 saturated carbocycles. The van der Waals surface area contributed by atoms with Crippen LogP contribution < -0.4 is 0 Å². The van der Waals surface area contributed by atoms with E-state index in [2.05, 4.69) is 9.97 Å². The fourth-order valence-corrected chi connectivity index (χ4v) is 1.66. The van der Waals surface area contributed by atoms with Crippen LogP contribution in [-0.2, 0) is 0 Å². The van der Waals surface area contributed by atoms with Crippen LogP contribution in [0.15, 0.2) is 18.2 Å². The molecule has 0 atom stereocenters. The van der Waals surface area contributed by atoms with E-state index >= 15 is 0 Å². The van der Waals surface area contributed by atoms with E-state index < -0.39 is 0 Å². The third-order valence-electron chi connectivity index (χ3n) is 1.54. The second-order valence-electron chi connectivity index (χ2n) is 2.43.